The molecule has 9 heteroatoms. The van der Waals surface area contributed by atoms with Crippen molar-refractivity contribution in [3.63, 3.8) is 0 Å². The van der Waals surface area contributed by atoms with Crippen LogP contribution in [0.1, 0.15) is 51.1 Å². The lowest BCUT2D eigenvalue weighted by Crippen LogP contribution is -2.19. The van der Waals surface area contributed by atoms with Crippen LogP contribution < -0.4 is 10.6 Å². The third-order valence-corrected chi connectivity index (χ3v) is 6.77. The molecule has 0 aliphatic heterocycles. The number of benzene rings is 1. The molecular formula is C21H20Cl2N4O2S. The zero-order chi connectivity index (χ0) is 21.3. The van der Waals surface area contributed by atoms with Gasteiger partial charge < -0.3 is 10.6 Å². The summed E-state index contributed by atoms with van der Waals surface area (Å²) in [5.41, 5.74) is 2.24. The molecule has 2 aromatic heterocycles. The molecule has 0 radical (unpaired) electrons. The van der Waals surface area contributed by atoms with Crippen molar-refractivity contribution in [1.29, 1.82) is 0 Å². The third-order valence-electron chi connectivity index (χ3n) is 5.00. The van der Waals surface area contributed by atoms with Crippen molar-refractivity contribution in [2.75, 3.05) is 10.6 Å². The molecule has 1 aliphatic carbocycles. The Morgan fingerprint density at radius 2 is 1.93 bits per heavy atom. The molecule has 2 heterocycles. The van der Waals surface area contributed by atoms with E-state index < -0.39 is 0 Å². The quantitative estimate of drug-likeness (QED) is 0.513. The first-order valence-electron chi connectivity index (χ1n) is 9.72. The van der Waals surface area contributed by atoms with Crippen molar-refractivity contribution >= 4 is 57.0 Å². The molecule has 2 amide bonds. The van der Waals surface area contributed by atoms with Gasteiger partial charge in [-0.2, -0.15) is 5.10 Å². The van der Waals surface area contributed by atoms with Gasteiger partial charge >= 0.3 is 0 Å². The second-order valence-corrected chi connectivity index (χ2v) is 8.95. The van der Waals surface area contributed by atoms with Crippen LogP contribution in [0.15, 0.2) is 30.5 Å². The smallest absolute Gasteiger partial charge is 0.276 e. The van der Waals surface area contributed by atoms with Gasteiger partial charge in [0, 0.05) is 22.6 Å². The fourth-order valence-electron chi connectivity index (χ4n) is 3.50. The second kappa shape index (κ2) is 8.79. The number of hydrogen-bond acceptors (Lipinski definition) is 4. The molecule has 0 atom stereocenters. The Morgan fingerprint density at radius 1 is 1.13 bits per heavy atom. The summed E-state index contributed by atoms with van der Waals surface area (Å²) in [6, 6.07) is 6.57. The van der Waals surface area contributed by atoms with E-state index >= 15 is 0 Å². The molecule has 0 unspecified atom stereocenters. The molecule has 0 saturated heterocycles. The minimum Gasteiger partial charge on any atom is -0.320 e. The van der Waals surface area contributed by atoms with E-state index in [9.17, 15) is 9.59 Å². The van der Waals surface area contributed by atoms with E-state index in [1.807, 2.05) is 6.92 Å². The topological polar surface area (TPSA) is 76.0 Å². The molecule has 0 bridgehead atoms. The molecule has 0 saturated carbocycles. The molecule has 6 nitrogen and oxygen atoms in total. The number of hydrogen-bond donors (Lipinski definition) is 2. The first-order chi connectivity index (χ1) is 14.5. The Labute approximate surface area is 188 Å². The zero-order valence-corrected chi connectivity index (χ0v) is 18.6. The van der Waals surface area contributed by atoms with Crippen LogP contribution in [0.4, 0.5) is 10.7 Å². The number of halogens is 2. The van der Waals surface area contributed by atoms with Crippen LogP contribution in [0.2, 0.25) is 10.0 Å². The summed E-state index contributed by atoms with van der Waals surface area (Å²) in [5.74, 6) is -0.649. The van der Waals surface area contributed by atoms with Crippen molar-refractivity contribution in [2.24, 2.45) is 0 Å². The van der Waals surface area contributed by atoms with Gasteiger partial charge in [0.05, 0.1) is 16.3 Å². The second-order valence-electron chi connectivity index (χ2n) is 7.00. The number of carbonyl (C=O) groups is 2. The number of nitrogens with one attached hydrogen (secondary N) is 2. The van der Waals surface area contributed by atoms with Crippen LogP contribution in [0.3, 0.4) is 0 Å². The lowest BCUT2D eigenvalue weighted by Gasteiger charge is -2.14. The third kappa shape index (κ3) is 4.24. The molecule has 156 valence electrons. The summed E-state index contributed by atoms with van der Waals surface area (Å²) in [5, 5.41) is 11.4. The molecule has 2 N–H and O–H groups in total. The number of rotatable bonds is 5. The molecule has 4 rings (SSSR count). The number of nitrogens with zero attached hydrogens (tertiary/aromatic N) is 2. The average Bonchev–Trinajstić information content (AvgIpc) is 3.35. The minimum absolute atomic E-state index is 0.312. The van der Waals surface area contributed by atoms with Crippen molar-refractivity contribution in [2.45, 2.75) is 39.2 Å². The van der Waals surface area contributed by atoms with Gasteiger partial charge in [-0.1, -0.05) is 23.2 Å². The van der Waals surface area contributed by atoms with Crippen molar-refractivity contribution < 1.29 is 9.59 Å². The standard InChI is InChI=1S/C21H20Cl2N4O2S/c1-2-27-10-9-15(26-27)19(28)25-21-18(13-5-3-4-6-17(13)30-21)20(29)24-16-11-12(22)7-8-14(16)23/h7-11H,2-6H2,1H3,(H,24,29)(H,25,28). The normalized spacial score (nSPS) is 13.0. The number of aryl methyl sites for hydroxylation is 2. The van der Waals surface area contributed by atoms with E-state index in [0.29, 0.717) is 38.5 Å². The first-order valence-corrected chi connectivity index (χ1v) is 11.3. The summed E-state index contributed by atoms with van der Waals surface area (Å²) in [4.78, 5) is 27.1. The maximum Gasteiger partial charge on any atom is 0.276 e. The van der Waals surface area contributed by atoms with Crippen molar-refractivity contribution in [1.82, 2.24) is 9.78 Å². The SMILES string of the molecule is CCn1ccc(C(=O)Nc2sc3c(c2C(=O)Nc2cc(Cl)ccc2Cl)CCCC3)n1. The summed E-state index contributed by atoms with van der Waals surface area (Å²) in [6.07, 6.45) is 5.54. The van der Waals surface area contributed by atoms with E-state index in [-0.39, 0.29) is 11.8 Å². The Hall–Kier alpha value is -2.35. The van der Waals surface area contributed by atoms with E-state index in [4.69, 9.17) is 23.2 Å². The summed E-state index contributed by atoms with van der Waals surface area (Å²) >= 11 is 13.7. The Bertz CT molecular complexity index is 1120. The minimum atomic E-state index is -0.337. The highest BCUT2D eigenvalue weighted by Crippen LogP contribution is 2.39. The van der Waals surface area contributed by atoms with Crippen LogP contribution >= 0.6 is 34.5 Å². The van der Waals surface area contributed by atoms with Gasteiger partial charge in [-0.15, -0.1) is 11.3 Å². The number of anilines is 2. The molecule has 30 heavy (non-hydrogen) atoms. The van der Waals surface area contributed by atoms with E-state index in [2.05, 4.69) is 15.7 Å². The van der Waals surface area contributed by atoms with Crippen LogP contribution in [-0.4, -0.2) is 21.6 Å². The van der Waals surface area contributed by atoms with Gasteiger partial charge in [0.25, 0.3) is 11.8 Å². The van der Waals surface area contributed by atoms with Crippen molar-refractivity contribution in [3.05, 3.63) is 62.2 Å². The van der Waals surface area contributed by atoms with Gasteiger partial charge in [-0.05, 0) is 62.4 Å². The largest absolute Gasteiger partial charge is 0.320 e. The highest BCUT2D eigenvalue weighted by Gasteiger charge is 2.27. The van der Waals surface area contributed by atoms with Crippen LogP contribution in [0.5, 0.6) is 0 Å². The monoisotopic (exact) mass is 462 g/mol. The summed E-state index contributed by atoms with van der Waals surface area (Å²) < 4.78 is 1.68. The van der Waals surface area contributed by atoms with Crippen molar-refractivity contribution in [3.8, 4) is 0 Å². The molecule has 0 spiro atoms. The Morgan fingerprint density at radius 3 is 2.70 bits per heavy atom. The fraction of sp³-hybridized carbons (Fsp3) is 0.286. The molecule has 1 aliphatic rings. The predicted molar refractivity (Wildman–Crippen MR) is 121 cm³/mol. The fourth-order valence-corrected chi connectivity index (χ4v) is 5.12. The average molecular weight is 463 g/mol. The maximum absolute atomic E-state index is 13.2. The highest BCUT2D eigenvalue weighted by molar-refractivity contribution is 7.17. The number of thiophene rings is 1. The lowest BCUT2D eigenvalue weighted by molar-refractivity contribution is 0.102. The number of amides is 2. The summed E-state index contributed by atoms with van der Waals surface area (Å²) in [6.45, 7) is 2.63. The maximum atomic E-state index is 13.2. The zero-order valence-electron chi connectivity index (χ0n) is 16.3. The summed E-state index contributed by atoms with van der Waals surface area (Å²) in [7, 11) is 0. The molecule has 3 aromatic rings. The number of fused-ring (bicyclic) bond motifs is 1. The van der Waals surface area contributed by atoms with Gasteiger partial charge in [0.2, 0.25) is 0 Å². The van der Waals surface area contributed by atoms with Gasteiger partial charge in [0.1, 0.15) is 5.00 Å². The predicted octanol–water partition coefficient (Wildman–Crippen LogP) is 5.65. The van der Waals surface area contributed by atoms with Crippen LogP contribution in [-0.2, 0) is 19.4 Å². The molecular weight excluding hydrogens is 443 g/mol. The van der Waals surface area contributed by atoms with E-state index in [1.54, 1.807) is 35.1 Å². The first kappa shape index (κ1) is 20.9. The highest BCUT2D eigenvalue weighted by atomic mass is 35.5. The Balaban J connectivity index is 1.66. The van der Waals surface area contributed by atoms with E-state index in [1.165, 1.54) is 11.3 Å². The number of aromatic nitrogens is 2. The number of carbonyl (C=O) groups excluding carboxylic acids is 2. The van der Waals surface area contributed by atoms with Gasteiger partial charge in [0.15, 0.2) is 5.69 Å². The van der Waals surface area contributed by atoms with Gasteiger partial charge in [-0.3, -0.25) is 14.3 Å². The molecule has 0 fully saturated rings. The lowest BCUT2D eigenvalue weighted by atomic mass is 9.95. The van der Waals surface area contributed by atoms with Crippen LogP contribution in [0, 0.1) is 0 Å². The Kier molecular flexibility index (Phi) is 6.13. The molecule has 1 aromatic carbocycles. The van der Waals surface area contributed by atoms with Gasteiger partial charge in [-0.25, -0.2) is 0 Å². The van der Waals surface area contributed by atoms with Crippen LogP contribution in [0.25, 0.3) is 0 Å². The van der Waals surface area contributed by atoms with E-state index in [0.717, 1.165) is 36.1 Å².